The van der Waals surface area contributed by atoms with Crippen LogP contribution in [0.5, 0.6) is 0 Å². The zero-order valence-corrected chi connectivity index (χ0v) is 17.8. The van der Waals surface area contributed by atoms with Crippen molar-refractivity contribution in [1.29, 1.82) is 0 Å². The summed E-state index contributed by atoms with van der Waals surface area (Å²) in [4.78, 5) is 0. The predicted octanol–water partition coefficient (Wildman–Crippen LogP) is 6.54. The first-order valence-electron chi connectivity index (χ1n) is 10.7. The number of allylic oxidation sites excluding steroid dienone is 1. The maximum absolute atomic E-state index is 2.52. The minimum absolute atomic E-state index is 0.748. The summed E-state index contributed by atoms with van der Waals surface area (Å²) in [5.74, 6) is 0.748. The molecule has 2 aliphatic carbocycles. The number of pyridine rings is 1. The van der Waals surface area contributed by atoms with Gasteiger partial charge in [-0.3, -0.25) is 0 Å². The summed E-state index contributed by atoms with van der Waals surface area (Å²) in [5, 5.41) is 2.85. The van der Waals surface area contributed by atoms with Gasteiger partial charge < -0.3 is 0 Å². The zero-order chi connectivity index (χ0) is 19.6. The molecule has 0 radical (unpaired) electrons. The minimum atomic E-state index is 0.748. The van der Waals surface area contributed by atoms with E-state index in [2.05, 4.69) is 75.8 Å². The van der Waals surface area contributed by atoms with Crippen molar-refractivity contribution in [3.8, 4) is 0 Å². The van der Waals surface area contributed by atoms with Crippen LogP contribution in [0.2, 0.25) is 0 Å². The largest absolute Gasteiger partial charge is 0.221 e. The van der Waals surface area contributed by atoms with Crippen LogP contribution in [0.1, 0.15) is 77.6 Å². The second kappa shape index (κ2) is 6.30. The van der Waals surface area contributed by atoms with Crippen LogP contribution in [-0.2, 0) is 7.05 Å². The summed E-state index contributed by atoms with van der Waals surface area (Å²) in [6, 6.07) is 12.0. The van der Waals surface area contributed by atoms with Crippen molar-refractivity contribution in [2.75, 3.05) is 0 Å². The number of rotatable bonds is 2. The van der Waals surface area contributed by atoms with E-state index in [0.717, 1.165) is 5.92 Å². The Morgan fingerprint density at radius 1 is 0.893 bits per heavy atom. The third-order valence-corrected chi connectivity index (χ3v) is 7.18. The molecule has 0 atom stereocenters. The molecule has 1 aromatic heterocycles. The molecule has 0 aliphatic heterocycles. The van der Waals surface area contributed by atoms with Gasteiger partial charge in [-0.15, -0.1) is 0 Å². The SMILES string of the molecule is CC1=C(c2cc(C)cc(C)c2C)c2c3c1cc(C1CCCC1)cc3cc[n+]2C. The van der Waals surface area contributed by atoms with Gasteiger partial charge in [-0.2, -0.15) is 0 Å². The molecule has 1 heteroatoms. The number of benzene rings is 2. The Morgan fingerprint density at radius 2 is 1.64 bits per heavy atom. The van der Waals surface area contributed by atoms with Crippen molar-refractivity contribution in [1.82, 2.24) is 0 Å². The molecule has 0 N–H and O–H groups in total. The highest BCUT2D eigenvalue weighted by molar-refractivity contribution is 6.15. The molecule has 0 saturated heterocycles. The lowest BCUT2D eigenvalue weighted by Crippen LogP contribution is -2.32. The van der Waals surface area contributed by atoms with Gasteiger partial charge in [0.25, 0.3) is 0 Å². The number of hydrogen-bond donors (Lipinski definition) is 0. The second-order valence-electron chi connectivity index (χ2n) is 9.04. The molecule has 3 aromatic rings. The lowest BCUT2D eigenvalue weighted by Gasteiger charge is -2.13. The molecular formula is C27H30N+. The third kappa shape index (κ3) is 2.49. The molecule has 5 rings (SSSR count). The van der Waals surface area contributed by atoms with Crippen LogP contribution in [0.15, 0.2) is 36.5 Å². The van der Waals surface area contributed by atoms with Gasteiger partial charge in [-0.05, 0) is 85.2 Å². The highest BCUT2D eigenvalue weighted by Crippen LogP contribution is 2.46. The summed E-state index contributed by atoms with van der Waals surface area (Å²) in [6.07, 6.45) is 7.72. The Balaban J connectivity index is 1.82. The van der Waals surface area contributed by atoms with Crippen LogP contribution in [-0.4, -0.2) is 0 Å². The van der Waals surface area contributed by atoms with Crippen LogP contribution in [0.4, 0.5) is 0 Å². The first kappa shape index (κ1) is 17.7. The van der Waals surface area contributed by atoms with Crippen LogP contribution >= 0.6 is 0 Å². The normalized spacial score (nSPS) is 16.6. The highest BCUT2D eigenvalue weighted by Gasteiger charge is 2.32. The molecule has 0 spiro atoms. The average Bonchev–Trinajstić information content (AvgIpc) is 3.29. The molecule has 0 amide bonds. The summed E-state index contributed by atoms with van der Waals surface area (Å²) in [5.41, 5.74) is 12.8. The quantitative estimate of drug-likeness (QED) is 0.452. The Morgan fingerprint density at radius 3 is 2.39 bits per heavy atom. The van der Waals surface area contributed by atoms with Crippen LogP contribution in [0, 0.1) is 20.8 Å². The molecule has 142 valence electrons. The second-order valence-corrected chi connectivity index (χ2v) is 9.04. The summed E-state index contributed by atoms with van der Waals surface area (Å²) < 4.78 is 2.32. The van der Waals surface area contributed by atoms with Gasteiger partial charge in [-0.25, -0.2) is 4.57 Å². The minimum Gasteiger partial charge on any atom is -0.200 e. The fraction of sp³-hybridized carbons (Fsp3) is 0.370. The maximum atomic E-state index is 2.52. The van der Waals surface area contributed by atoms with Crippen molar-refractivity contribution in [3.63, 3.8) is 0 Å². The molecule has 2 aromatic carbocycles. The van der Waals surface area contributed by atoms with Crippen molar-refractivity contribution < 1.29 is 4.57 Å². The molecule has 28 heavy (non-hydrogen) atoms. The fourth-order valence-corrected chi connectivity index (χ4v) is 5.56. The molecule has 1 fully saturated rings. The highest BCUT2D eigenvalue weighted by atomic mass is 14.9. The molecule has 1 heterocycles. The lowest BCUT2D eigenvalue weighted by atomic mass is 9.91. The summed E-state index contributed by atoms with van der Waals surface area (Å²) in [6.45, 7) is 9.06. The van der Waals surface area contributed by atoms with Gasteiger partial charge in [0.2, 0.25) is 5.69 Å². The van der Waals surface area contributed by atoms with Crippen molar-refractivity contribution >= 4 is 21.9 Å². The van der Waals surface area contributed by atoms with E-state index in [1.807, 2.05) is 0 Å². The molecule has 0 unspecified atom stereocenters. The van der Waals surface area contributed by atoms with Gasteiger partial charge in [-0.1, -0.05) is 42.7 Å². The first-order valence-corrected chi connectivity index (χ1v) is 10.7. The van der Waals surface area contributed by atoms with E-state index in [9.17, 15) is 0 Å². The molecule has 1 saturated carbocycles. The van der Waals surface area contributed by atoms with Crippen molar-refractivity contribution in [2.45, 2.75) is 59.3 Å². The predicted molar refractivity (Wildman–Crippen MR) is 119 cm³/mol. The van der Waals surface area contributed by atoms with Crippen molar-refractivity contribution in [3.05, 3.63) is 75.6 Å². The summed E-state index contributed by atoms with van der Waals surface area (Å²) in [7, 11) is 2.19. The van der Waals surface area contributed by atoms with Gasteiger partial charge >= 0.3 is 0 Å². The van der Waals surface area contributed by atoms with E-state index < -0.39 is 0 Å². The molecular weight excluding hydrogens is 338 g/mol. The Bertz CT molecular complexity index is 1160. The monoisotopic (exact) mass is 368 g/mol. The smallest absolute Gasteiger partial charge is 0.200 e. The van der Waals surface area contributed by atoms with Crippen LogP contribution in [0.3, 0.4) is 0 Å². The molecule has 0 bridgehead atoms. The fourth-order valence-electron chi connectivity index (χ4n) is 5.56. The van der Waals surface area contributed by atoms with E-state index in [1.165, 1.54) is 81.1 Å². The summed E-state index contributed by atoms with van der Waals surface area (Å²) >= 11 is 0. The maximum Gasteiger partial charge on any atom is 0.221 e. The van der Waals surface area contributed by atoms with Gasteiger partial charge in [0, 0.05) is 6.07 Å². The lowest BCUT2D eigenvalue weighted by molar-refractivity contribution is -0.672. The number of hydrogen-bond acceptors (Lipinski definition) is 0. The van der Waals surface area contributed by atoms with E-state index in [-0.39, 0.29) is 0 Å². The third-order valence-electron chi connectivity index (χ3n) is 7.18. The Labute approximate surface area is 168 Å². The standard InChI is InChI=1S/C27H30N/c1-16-12-17(2)18(3)23(13-16)25-19(4)24-15-22(20-8-6-7-9-20)14-21-10-11-28(5)27(25)26(21)24/h10-15,20H,6-9H2,1-5H3/q+1. The number of aryl methyl sites for hydroxylation is 3. The van der Waals surface area contributed by atoms with Crippen molar-refractivity contribution in [2.24, 2.45) is 7.05 Å². The van der Waals surface area contributed by atoms with E-state index >= 15 is 0 Å². The van der Waals surface area contributed by atoms with E-state index in [0.29, 0.717) is 0 Å². The van der Waals surface area contributed by atoms with E-state index in [4.69, 9.17) is 0 Å². The topological polar surface area (TPSA) is 3.88 Å². The number of aromatic nitrogens is 1. The van der Waals surface area contributed by atoms with E-state index in [1.54, 1.807) is 5.56 Å². The average molecular weight is 369 g/mol. The van der Waals surface area contributed by atoms with Crippen LogP contribution in [0.25, 0.3) is 21.9 Å². The first-order chi connectivity index (χ1) is 13.5. The van der Waals surface area contributed by atoms with Crippen LogP contribution < -0.4 is 4.57 Å². The molecule has 1 nitrogen and oxygen atoms in total. The Hall–Kier alpha value is -2.41. The number of nitrogens with zero attached hydrogens (tertiary/aromatic N) is 1. The molecule has 2 aliphatic rings. The van der Waals surface area contributed by atoms with Gasteiger partial charge in [0.1, 0.15) is 7.05 Å². The Kier molecular flexibility index (Phi) is 3.98. The van der Waals surface area contributed by atoms with Gasteiger partial charge in [0.05, 0.1) is 11.0 Å². The van der Waals surface area contributed by atoms with Gasteiger partial charge in [0.15, 0.2) is 6.20 Å². The zero-order valence-electron chi connectivity index (χ0n) is 17.8.